The van der Waals surface area contributed by atoms with Gasteiger partial charge in [0.1, 0.15) is 0 Å². The first-order valence-electron chi connectivity index (χ1n) is 6.12. The summed E-state index contributed by atoms with van der Waals surface area (Å²) in [5.74, 6) is 0. The maximum atomic E-state index is 6.27. The summed E-state index contributed by atoms with van der Waals surface area (Å²) in [6.45, 7) is 14.8. The third kappa shape index (κ3) is 4.35. The van der Waals surface area contributed by atoms with E-state index in [1.165, 1.54) is 0 Å². The van der Waals surface area contributed by atoms with Gasteiger partial charge in [0.2, 0.25) is 0 Å². The molecule has 0 bridgehead atoms. The molecule has 0 spiro atoms. The number of hydrogen-bond donors (Lipinski definition) is 1. The molecule has 15 heavy (non-hydrogen) atoms. The molecule has 0 aromatic rings. The Morgan fingerprint density at radius 1 is 1.33 bits per heavy atom. The lowest BCUT2D eigenvalue weighted by molar-refractivity contribution is 0.102. The summed E-state index contributed by atoms with van der Waals surface area (Å²) >= 11 is 0. The average molecular weight is 212 g/mol. The van der Waals surface area contributed by atoms with Gasteiger partial charge in [-0.2, -0.15) is 0 Å². The Bertz CT molecular complexity index is 171. The van der Waals surface area contributed by atoms with Crippen molar-refractivity contribution in [3.05, 3.63) is 12.7 Å². The molecule has 0 amide bonds. The molecular formula is C13H28N2. The molecule has 0 saturated carbocycles. The number of nitrogens with two attached hydrogens (primary N) is 1. The predicted octanol–water partition coefficient (Wildman–Crippen LogP) is 2.79. The third-order valence-corrected chi connectivity index (χ3v) is 3.41. The van der Waals surface area contributed by atoms with Crippen LogP contribution in [0.5, 0.6) is 0 Å². The first-order valence-corrected chi connectivity index (χ1v) is 6.12. The van der Waals surface area contributed by atoms with Crippen molar-refractivity contribution in [3.8, 4) is 0 Å². The fourth-order valence-electron chi connectivity index (χ4n) is 2.11. The number of nitrogens with zero attached hydrogens (tertiary/aromatic N) is 1. The van der Waals surface area contributed by atoms with Crippen LogP contribution in [0.3, 0.4) is 0 Å². The molecule has 90 valence electrons. The summed E-state index contributed by atoms with van der Waals surface area (Å²) in [5.41, 5.74) is 6.37. The third-order valence-electron chi connectivity index (χ3n) is 3.41. The SMILES string of the molecule is C=CCCCC(N)C(C)(C)N(CC)CC. The molecule has 0 saturated heterocycles. The summed E-state index contributed by atoms with van der Waals surface area (Å²) in [4.78, 5) is 2.44. The fraction of sp³-hybridized carbons (Fsp3) is 0.846. The lowest BCUT2D eigenvalue weighted by Gasteiger charge is -2.42. The van der Waals surface area contributed by atoms with Crippen molar-refractivity contribution in [1.82, 2.24) is 4.90 Å². The Morgan fingerprint density at radius 3 is 2.27 bits per heavy atom. The maximum absolute atomic E-state index is 6.27. The van der Waals surface area contributed by atoms with E-state index in [4.69, 9.17) is 5.73 Å². The van der Waals surface area contributed by atoms with Gasteiger partial charge in [-0.1, -0.05) is 19.9 Å². The molecule has 0 aliphatic rings. The molecular weight excluding hydrogens is 184 g/mol. The Balaban J connectivity index is 4.22. The van der Waals surface area contributed by atoms with Gasteiger partial charge in [-0.05, 0) is 46.2 Å². The van der Waals surface area contributed by atoms with Crippen LogP contribution in [0.15, 0.2) is 12.7 Å². The van der Waals surface area contributed by atoms with Crippen LogP contribution in [-0.4, -0.2) is 29.6 Å². The fourth-order valence-corrected chi connectivity index (χ4v) is 2.11. The lowest BCUT2D eigenvalue weighted by Crippen LogP contribution is -2.55. The summed E-state index contributed by atoms with van der Waals surface area (Å²) in [7, 11) is 0. The van der Waals surface area contributed by atoms with Gasteiger partial charge in [-0.25, -0.2) is 0 Å². The number of rotatable bonds is 8. The highest BCUT2D eigenvalue weighted by Crippen LogP contribution is 2.20. The van der Waals surface area contributed by atoms with Crippen molar-refractivity contribution in [2.75, 3.05) is 13.1 Å². The smallest absolute Gasteiger partial charge is 0.0303 e. The number of likely N-dealkylation sites (N-methyl/N-ethyl adjacent to an activating group) is 1. The van der Waals surface area contributed by atoms with E-state index in [9.17, 15) is 0 Å². The van der Waals surface area contributed by atoms with E-state index in [1.54, 1.807) is 0 Å². The van der Waals surface area contributed by atoms with Gasteiger partial charge in [0, 0.05) is 11.6 Å². The van der Waals surface area contributed by atoms with E-state index in [0.717, 1.165) is 32.4 Å². The lowest BCUT2D eigenvalue weighted by atomic mass is 9.89. The van der Waals surface area contributed by atoms with Crippen LogP contribution in [-0.2, 0) is 0 Å². The first-order chi connectivity index (χ1) is 7.00. The highest BCUT2D eigenvalue weighted by Gasteiger charge is 2.30. The van der Waals surface area contributed by atoms with Crippen LogP contribution < -0.4 is 5.73 Å². The van der Waals surface area contributed by atoms with Crippen LogP contribution in [0.1, 0.15) is 47.0 Å². The molecule has 0 fully saturated rings. The van der Waals surface area contributed by atoms with Crippen LogP contribution in [0.2, 0.25) is 0 Å². The molecule has 1 unspecified atom stereocenters. The van der Waals surface area contributed by atoms with E-state index >= 15 is 0 Å². The van der Waals surface area contributed by atoms with Gasteiger partial charge in [-0.15, -0.1) is 6.58 Å². The highest BCUT2D eigenvalue weighted by atomic mass is 15.2. The quantitative estimate of drug-likeness (QED) is 0.495. The minimum absolute atomic E-state index is 0.102. The van der Waals surface area contributed by atoms with Gasteiger partial charge in [0.05, 0.1) is 0 Å². The first kappa shape index (κ1) is 14.7. The summed E-state index contributed by atoms with van der Waals surface area (Å²) < 4.78 is 0. The average Bonchev–Trinajstić information content (AvgIpc) is 2.19. The van der Waals surface area contributed by atoms with E-state index in [1.807, 2.05) is 6.08 Å². The molecule has 2 heteroatoms. The molecule has 1 atom stereocenters. The van der Waals surface area contributed by atoms with Crippen LogP contribution in [0.4, 0.5) is 0 Å². The van der Waals surface area contributed by atoms with Gasteiger partial charge in [0.15, 0.2) is 0 Å². The Morgan fingerprint density at radius 2 is 1.87 bits per heavy atom. The van der Waals surface area contributed by atoms with Crippen molar-refractivity contribution in [2.45, 2.75) is 58.5 Å². The van der Waals surface area contributed by atoms with Crippen molar-refractivity contribution in [1.29, 1.82) is 0 Å². The Hall–Kier alpha value is -0.340. The molecule has 0 heterocycles. The van der Waals surface area contributed by atoms with Gasteiger partial charge < -0.3 is 5.73 Å². The second-order valence-electron chi connectivity index (χ2n) is 4.65. The monoisotopic (exact) mass is 212 g/mol. The molecule has 0 aliphatic heterocycles. The standard InChI is InChI=1S/C13H28N2/c1-6-9-10-11-12(14)13(4,5)15(7-2)8-3/h6,12H,1,7-11,14H2,2-5H3. The molecule has 0 aliphatic carbocycles. The molecule has 0 radical (unpaired) electrons. The second kappa shape index (κ2) is 7.02. The van der Waals surface area contributed by atoms with Gasteiger partial charge in [0.25, 0.3) is 0 Å². The van der Waals surface area contributed by atoms with Crippen LogP contribution >= 0.6 is 0 Å². The zero-order chi connectivity index (χ0) is 11.9. The van der Waals surface area contributed by atoms with Gasteiger partial charge in [-0.3, -0.25) is 4.90 Å². The zero-order valence-corrected chi connectivity index (χ0v) is 10.9. The van der Waals surface area contributed by atoms with E-state index in [2.05, 4.69) is 39.2 Å². The van der Waals surface area contributed by atoms with Crippen molar-refractivity contribution >= 4 is 0 Å². The summed E-state index contributed by atoms with van der Waals surface area (Å²) in [5, 5.41) is 0. The van der Waals surface area contributed by atoms with Crippen LogP contribution in [0, 0.1) is 0 Å². The largest absolute Gasteiger partial charge is 0.326 e. The van der Waals surface area contributed by atoms with Gasteiger partial charge >= 0.3 is 0 Å². The number of unbranched alkanes of at least 4 members (excludes halogenated alkanes) is 1. The molecule has 0 rings (SSSR count). The molecule has 2 N–H and O–H groups in total. The van der Waals surface area contributed by atoms with E-state index in [-0.39, 0.29) is 11.6 Å². The molecule has 0 aromatic carbocycles. The predicted molar refractivity (Wildman–Crippen MR) is 69.0 cm³/mol. The number of hydrogen-bond acceptors (Lipinski definition) is 2. The minimum Gasteiger partial charge on any atom is -0.326 e. The van der Waals surface area contributed by atoms with Crippen molar-refractivity contribution < 1.29 is 0 Å². The minimum atomic E-state index is 0.102. The normalized spacial score (nSPS) is 14.3. The zero-order valence-electron chi connectivity index (χ0n) is 10.9. The molecule has 2 nitrogen and oxygen atoms in total. The van der Waals surface area contributed by atoms with Crippen LogP contribution in [0.25, 0.3) is 0 Å². The Labute approximate surface area is 95.5 Å². The van der Waals surface area contributed by atoms with Crippen molar-refractivity contribution in [3.63, 3.8) is 0 Å². The number of allylic oxidation sites excluding steroid dienone is 1. The van der Waals surface area contributed by atoms with E-state index < -0.39 is 0 Å². The Kier molecular flexibility index (Phi) is 6.86. The summed E-state index contributed by atoms with van der Waals surface area (Å²) in [6.07, 6.45) is 5.27. The topological polar surface area (TPSA) is 29.3 Å². The van der Waals surface area contributed by atoms with Crippen molar-refractivity contribution in [2.24, 2.45) is 5.73 Å². The maximum Gasteiger partial charge on any atom is 0.0303 e. The second-order valence-corrected chi connectivity index (χ2v) is 4.65. The molecule has 0 aromatic heterocycles. The highest BCUT2D eigenvalue weighted by molar-refractivity contribution is 4.91. The summed E-state index contributed by atoms with van der Waals surface area (Å²) in [6, 6.07) is 0.248. The van der Waals surface area contributed by atoms with E-state index in [0.29, 0.717) is 0 Å².